The van der Waals surface area contributed by atoms with Crippen LogP contribution in [0.2, 0.25) is 0 Å². The zero-order valence-corrected chi connectivity index (χ0v) is 16.6. The van der Waals surface area contributed by atoms with Crippen LogP contribution < -0.4 is 10.6 Å². The van der Waals surface area contributed by atoms with Gasteiger partial charge in [-0.1, -0.05) is 66.7 Å². The first-order chi connectivity index (χ1) is 13.2. The van der Waals surface area contributed by atoms with E-state index in [1.165, 1.54) is 16.2 Å². The van der Waals surface area contributed by atoms with Gasteiger partial charge in [-0.3, -0.25) is 4.79 Å². The summed E-state index contributed by atoms with van der Waals surface area (Å²) in [5, 5.41) is 2.67. The number of carbonyl (C=O) groups is 1. The smallest absolute Gasteiger partial charge is 0.309 e. The van der Waals surface area contributed by atoms with Gasteiger partial charge in [0.2, 0.25) is 0 Å². The van der Waals surface area contributed by atoms with E-state index in [2.05, 4.69) is 84.9 Å². The molecule has 0 aliphatic carbocycles. The Bertz CT molecular complexity index is 793. The van der Waals surface area contributed by atoms with Crippen molar-refractivity contribution in [2.24, 2.45) is 0 Å². The topological polar surface area (TPSA) is 26.3 Å². The fourth-order valence-electron chi connectivity index (χ4n) is 3.51. The Labute approximate surface area is 162 Å². The third-order valence-corrected chi connectivity index (χ3v) is 9.26. The minimum Gasteiger partial charge on any atom is -0.466 e. The van der Waals surface area contributed by atoms with Crippen molar-refractivity contribution < 1.29 is 9.53 Å². The standard InChI is InChI=1S/C24H26O2P/c1-2-26-24(25)18-19-27(22-14-8-4-9-15-22,23-16-10-5-11-17-23)20-21-12-6-3-7-13-21/h3-17H,2,18-20H2,1H3/q+1. The summed E-state index contributed by atoms with van der Waals surface area (Å²) < 4.78 is 5.24. The van der Waals surface area contributed by atoms with Gasteiger partial charge in [0.1, 0.15) is 0 Å². The zero-order chi connectivity index (χ0) is 19.0. The summed E-state index contributed by atoms with van der Waals surface area (Å²) >= 11 is 0. The zero-order valence-electron chi connectivity index (χ0n) is 15.8. The first-order valence-electron chi connectivity index (χ1n) is 9.42. The molecule has 0 aliphatic rings. The van der Waals surface area contributed by atoms with Crippen LogP contribution in [0.5, 0.6) is 0 Å². The fourth-order valence-corrected chi connectivity index (χ4v) is 7.73. The number of benzene rings is 3. The Morgan fingerprint density at radius 3 is 1.74 bits per heavy atom. The van der Waals surface area contributed by atoms with E-state index >= 15 is 0 Å². The van der Waals surface area contributed by atoms with Crippen LogP contribution in [0.3, 0.4) is 0 Å². The van der Waals surface area contributed by atoms with Gasteiger partial charge in [0.05, 0.1) is 43.2 Å². The van der Waals surface area contributed by atoms with Crippen LogP contribution >= 0.6 is 7.26 Å². The number of rotatable bonds is 8. The lowest BCUT2D eigenvalue weighted by molar-refractivity contribution is -0.142. The van der Waals surface area contributed by atoms with E-state index in [0.29, 0.717) is 13.0 Å². The summed E-state index contributed by atoms with van der Waals surface area (Å²) in [5.41, 5.74) is 1.31. The number of carbonyl (C=O) groups excluding carboxylic acids is 1. The molecule has 2 nitrogen and oxygen atoms in total. The van der Waals surface area contributed by atoms with Crippen molar-refractivity contribution in [3.8, 4) is 0 Å². The maximum absolute atomic E-state index is 12.2. The Morgan fingerprint density at radius 2 is 1.26 bits per heavy atom. The summed E-state index contributed by atoms with van der Waals surface area (Å²) in [4.78, 5) is 12.2. The van der Waals surface area contributed by atoms with Crippen LogP contribution in [0, 0.1) is 0 Å². The maximum atomic E-state index is 12.2. The molecule has 0 saturated heterocycles. The molecular weight excluding hydrogens is 351 g/mol. The monoisotopic (exact) mass is 377 g/mol. The van der Waals surface area contributed by atoms with Gasteiger partial charge in [-0.25, -0.2) is 0 Å². The van der Waals surface area contributed by atoms with Crippen molar-refractivity contribution in [3.63, 3.8) is 0 Å². The van der Waals surface area contributed by atoms with E-state index in [1.807, 2.05) is 13.0 Å². The lowest BCUT2D eigenvalue weighted by Gasteiger charge is -2.27. The third kappa shape index (κ3) is 4.84. The predicted octanol–water partition coefficient (Wildman–Crippen LogP) is 4.81. The Balaban J connectivity index is 2.07. The summed E-state index contributed by atoms with van der Waals surface area (Å²) in [6.07, 6.45) is 2.20. The molecule has 3 heteroatoms. The summed E-state index contributed by atoms with van der Waals surface area (Å²) in [5.74, 6) is -0.109. The van der Waals surface area contributed by atoms with E-state index in [-0.39, 0.29) is 5.97 Å². The van der Waals surface area contributed by atoms with Crippen LogP contribution in [-0.2, 0) is 15.7 Å². The van der Waals surface area contributed by atoms with E-state index in [9.17, 15) is 4.79 Å². The van der Waals surface area contributed by atoms with Gasteiger partial charge in [-0.2, -0.15) is 0 Å². The minimum absolute atomic E-state index is 0.109. The second-order valence-corrected chi connectivity index (χ2v) is 10.3. The summed E-state index contributed by atoms with van der Waals surface area (Å²) in [6, 6.07) is 32.0. The van der Waals surface area contributed by atoms with Crippen molar-refractivity contribution in [1.29, 1.82) is 0 Å². The quantitative estimate of drug-likeness (QED) is 0.416. The molecular formula is C24H26O2P+. The molecule has 0 atom stereocenters. The molecule has 0 unspecified atom stereocenters. The van der Waals surface area contributed by atoms with E-state index in [0.717, 1.165) is 12.3 Å². The molecule has 0 aromatic heterocycles. The number of hydrogen-bond acceptors (Lipinski definition) is 2. The predicted molar refractivity (Wildman–Crippen MR) is 115 cm³/mol. The lowest BCUT2D eigenvalue weighted by atomic mass is 10.2. The summed E-state index contributed by atoms with van der Waals surface area (Å²) in [6.45, 7) is 2.29. The molecule has 0 fully saturated rings. The van der Waals surface area contributed by atoms with Crippen molar-refractivity contribution in [2.75, 3.05) is 12.8 Å². The highest BCUT2D eigenvalue weighted by molar-refractivity contribution is 7.88. The molecule has 27 heavy (non-hydrogen) atoms. The molecule has 138 valence electrons. The van der Waals surface area contributed by atoms with E-state index in [4.69, 9.17) is 4.74 Å². The first kappa shape index (κ1) is 19.3. The SMILES string of the molecule is CCOC(=O)CC[P+](Cc1ccccc1)(c1ccccc1)c1ccccc1. The fraction of sp³-hybridized carbons (Fsp3) is 0.208. The van der Waals surface area contributed by atoms with Gasteiger partial charge in [-0.05, 0) is 36.8 Å². The van der Waals surface area contributed by atoms with Crippen LogP contribution in [0.15, 0.2) is 91.0 Å². The number of esters is 1. The van der Waals surface area contributed by atoms with Crippen LogP contribution in [0.4, 0.5) is 0 Å². The van der Waals surface area contributed by atoms with Gasteiger partial charge in [0.25, 0.3) is 0 Å². The highest BCUT2D eigenvalue weighted by Crippen LogP contribution is 2.59. The third-order valence-electron chi connectivity index (χ3n) is 4.80. The van der Waals surface area contributed by atoms with Crippen LogP contribution in [0.1, 0.15) is 18.9 Å². The second-order valence-electron chi connectivity index (χ2n) is 6.56. The molecule has 0 heterocycles. The van der Waals surface area contributed by atoms with Crippen molar-refractivity contribution in [1.82, 2.24) is 0 Å². The van der Waals surface area contributed by atoms with Crippen LogP contribution in [0.25, 0.3) is 0 Å². The van der Waals surface area contributed by atoms with Gasteiger partial charge in [-0.15, -0.1) is 0 Å². The highest BCUT2D eigenvalue weighted by Gasteiger charge is 2.43. The van der Waals surface area contributed by atoms with Gasteiger partial charge < -0.3 is 4.74 Å². The highest BCUT2D eigenvalue weighted by atomic mass is 31.2. The molecule has 0 bridgehead atoms. The average Bonchev–Trinajstić information content (AvgIpc) is 2.73. The van der Waals surface area contributed by atoms with E-state index in [1.54, 1.807) is 0 Å². The largest absolute Gasteiger partial charge is 0.466 e. The maximum Gasteiger partial charge on any atom is 0.309 e. The molecule has 3 aromatic rings. The minimum atomic E-state index is -1.80. The van der Waals surface area contributed by atoms with Crippen molar-refractivity contribution >= 4 is 23.8 Å². The molecule has 0 aliphatic heterocycles. The molecule has 0 N–H and O–H groups in total. The second kappa shape index (κ2) is 9.48. The van der Waals surface area contributed by atoms with Crippen molar-refractivity contribution in [2.45, 2.75) is 19.5 Å². The molecule has 0 radical (unpaired) electrons. The van der Waals surface area contributed by atoms with Gasteiger partial charge in [0, 0.05) is 0 Å². The Morgan fingerprint density at radius 1 is 0.778 bits per heavy atom. The molecule has 0 spiro atoms. The first-order valence-corrected chi connectivity index (χ1v) is 11.6. The van der Waals surface area contributed by atoms with Crippen molar-refractivity contribution in [3.05, 3.63) is 96.6 Å². The summed E-state index contributed by atoms with van der Waals surface area (Å²) in [7, 11) is -1.80. The lowest BCUT2D eigenvalue weighted by Crippen LogP contribution is -2.27. The van der Waals surface area contributed by atoms with Gasteiger partial charge in [0.15, 0.2) is 0 Å². The number of hydrogen-bond donors (Lipinski definition) is 0. The van der Waals surface area contributed by atoms with E-state index < -0.39 is 7.26 Å². The molecule has 3 aromatic carbocycles. The van der Waals surface area contributed by atoms with Crippen LogP contribution in [-0.4, -0.2) is 18.7 Å². The average molecular weight is 377 g/mol. The Hall–Kier alpha value is -2.44. The number of ether oxygens (including phenoxy) is 1. The Kier molecular flexibility index (Phi) is 6.79. The molecule has 3 rings (SSSR count). The normalized spacial score (nSPS) is 11.1. The molecule has 0 saturated carbocycles. The molecule has 0 amide bonds. The van der Waals surface area contributed by atoms with Gasteiger partial charge >= 0.3 is 5.97 Å².